The number of nitrogens with zero attached hydrogens (tertiary/aromatic N) is 2. The smallest absolute Gasteiger partial charge is 0.269 e. The van der Waals surface area contributed by atoms with Crippen molar-refractivity contribution in [1.29, 1.82) is 0 Å². The first-order valence-electron chi connectivity index (χ1n) is 9.65. The third-order valence-electron chi connectivity index (χ3n) is 4.50. The van der Waals surface area contributed by atoms with E-state index in [1.165, 1.54) is 43.7 Å². The molecule has 3 aromatic rings. The average Bonchev–Trinajstić information content (AvgIpc) is 2.79. The number of ether oxygens (including phenoxy) is 2. The van der Waals surface area contributed by atoms with Crippen molar-refractivity contribution in [2.75, 3.05) is 7.11 Å². The number of nitro groups is 1. The van der Waals surface area contributed by atoms with Crippen molar-refractivity contribution in [3.8, 4) is 11.5 Å². The summed E-state index contributed by atoms with van der Waals surface area (Å²) < 4.78 is 37.5. The van der Waals surface area contributed by atoms with Crippen LogP contribution in [0.4, 0.5) is 14.5 Å². The molecule has 33 heavy (non-hydrogen) atoms. The number of hydrogen-bond acceptors (Lipinski definition) is 6. The van der Waals surface area contributed by atoms with Gasteiger partial charge in [-0.1, -0.05) is 12.1 Å². The number of nitrogens with one attached hydrogen (secondary N) is 1. The zero-order valence-electron chi connectivity index (χ0n) is 17.5. The van der Waals surface area contributed by atoms with E-state index in [4.69, 9.17) is 9.47 Å². The second kappa shape index (κ2) is 10.8. The Balaban J connectivity index is 1.60. The SMILES string of the molecule is COc1ccc(/C=N\NC(=O)Cc2ccc([N+](=O)[O-])cc2)cc1COc1ccc(F)cc1F. The van der Waals surface area contributed by atoms with Crippen LogP contribution in [0.15, 0.2) is 65.8 Å². The molecule has 1 N–H and O–H groups in total. The topological polar surface area (TPSA) is 103 Å². The van der Waals surface area contributed by atoms with Crippen LogP contribution in [-0.2, 0) is 17.8 Å². The van der Waals surface area contributed by atoms with Crippen molar-refractivity contribution < 1.29 is 28.0 Å². The molecule has 10 heteroatoms. The number of carbonyl (C=O) groups excluding carboxylic acids is 1. The Morgan fingerprint density at radius 3 is 2.48 bits per heavy atom. The third-order valence-corrected chi connectivity index (χ3v) is 4.50. The maximum atomic E-state index is 13.8. The number of rotatable bonds is 9. The molecule has 0 saturated carbocycles. The minimum Gasteiger partial charge on any atom is -0.496 e. The number of amides is 1. The first kappa shape index (κ1) is 23.3. The molecule has 8 nitrogen and oxygen atoms in total. The van der Waals surface area contributed by atoms with Gasteiger partial charge in [-0.25, -0.2) is 14.2 Å². The predicted octanol–water partition coefficient (Wildman–Crippen LogP) is 4.15. The molecule has 0 bridgehead atoms. The summed E-state index contributed by atoms with van der Waals surface area (Å²) in [6.45, 7) is -0.0418. The number of nitro benzene ring substituents is 1. The second-order valence-electron chi connectivity index (χ2n) is 6.83. The van der Waals surface area contributed by atoms with Gasteiger partial charge in [-0.2, -0.15) is 5.10 Å². The van der Waals surface area contributed by atoms with E-state index in [1.807, 2.05) is 0 Å². The summed E-state index contributed by atoms with van der Waals surface area (Å²) in [7, 11) is 1.48. The van der Waals surface area contributed by atoms with E-state index in [9.17, 15) is 23.7 Å². The highest BCUT2D eigenvalue weighted by Gasteiger charge is 2.10. The number of hydrogen-bond donors (Lipinski definition) is 1. The molecule has 0 radical (unpaired) electrons. The molecule has 3 aromatic carbocycles. The molecule has 1 amide bonds. The van der Waals surface area contributed by atoms with Crippen LogP contribution in [0.3, 0.4) is 0 Å². The third kappa shape index (κ3) is 6.57. The lowest BCUT2D eigenvalue weighted by Crippen LogP contribution is -2.19. The molecule has 0 spiro atoms. The molecule has 170 valence electrons. The van der Waals surface area contributed by atoms with E-state index in [2.05, 4.69) is 10.5 Å². The normalized spacial score (nSPS) is 10.8. The Bertz CT molecular complexity index is 1180. The van der Waals surface area contributed by atoms with Gasteiger partial charge in [-0.3, -0.25) is 14.9 Å². The van der Waals surface area contributed by atoms with Crippen molar-refractivity contribution in [2.24, 2.45) is 5.10 Å². The van der Waals surface area contributed by atoms with Crippen LogP contribution in [-0.4, -0.2) is 24.2 Å². The minimum absolute atomic E-state index is 0.000269. The van der Waals surface area contributed by atoms with Gasteiger partial charge in [-0.05, 0) is 41.5 Å². The second-order valence-corrected chi connectivity index (χ2v) is 6.83. The largest absolute Gasteiger partial charge is 0.496 e. The Labute approximate surface area is 187 Å². The highest BCUT2D eigenvalue weighted by atomic mass is 19.1. The van der Waals surface area contributed by atoms with Crippen LogP contribution >= 0.6 is 0 Å². The van der Waals surface area contributed by atoms with Crippen LogP contribution in [0, 0.1) is 21.7 Å². The molecule has 0 unspecified atom stereocenters. The highest BCUT2D eigenvalue weighted by molar-refractivity contribution is 5.83. The first-order chi connectivity index (χ1) is 15.9. The summed E-state index contributed by atoms with van der Waals surface area (Å²) in [6.07, 6.45) is 1.41. The lowest BCUT2D eigenvalue weighted by atomic mass is 10.1. The molecule has 0 aliphatic carbocycles. The summed E-state index contributed by atoms with van der Waals surface area (Å²) in [5.41, 5.74) is 4.13. The molecule has 0 heterocycles. The maximum absolute atomic E-state index is 13.8. The van der Waals surface area contributed by atoms with Crippen molar-refractivity contribution >= 4 is 17.8 Å². The molecular formula is C23H19F2N3O5. The molecule has 3 rings (SSSR count). The van der Waals surface area contributed by atoms with Crippen LogP contribution in [0.5, 0.6) is 11.5 Å². The number of methoxy groups -OCH3 is 1. The lowest BCUT2D eigenvalue weighted by Gasteiger charge is -2.11. The predicted molar refractivity (Wildman–Crippen MR) is 116 cm³/mol. The number of halogens is 2. The Hall–Kier alpha value is -4.34. The number of carbonyl (C=O) groups is 1. The molecule has 0 aromatic heterocycles. The van der Waals surface area contributed by atoms with Crippen LogP contribution in [0.1, 0.15) is 16.7 Å². The van der Waals surface area contributed by atoms with Gasteiger partial charge >= 0.3 is 0 Å². The van der Waals surface area contributed by atoms with E-state index in [1.54, 1.807) is 18.2 Å². The number of non-ortho nitro benzene ring substituents is 1. The van der Waals surface area contributed by atoms with Crippen molar-refractivity contribution in [3.05, 3.63) is 99.1 Å². The minimum atomic E-state index is -0.817. The summed E-state index contributed by atoms with van der Waals surface area (Å²) in [5.74, 6) is -1.52. The van der Waals surface area contributed by atoms with Gasteiger partial charge in [0.1, 0.15) is 18.2 Å². The van der Waals surface area contributed by atoms with Crippen molar-refractivity contribution in [3.63, 3.8) is 0 Å². The quantitative estimate of drug-likeness (QED) is 0.297. The summed E-state index contributed by atoms with van der Waals surface area (Å²) in [6, 6.07) is 13.7. The Morgan fingerprint density at radius 1 is 1.09 bits per heavy atom. The van der Waals surface area contributed by atoms with Gasteiger partial charge in [-0.15, -0.1) is 0 Å². The first-order valence-corrected chi connectivity index (χ1v) is 9.65. The van der Waals surface area contributed by atoms with Gasteiger partial charge in [0.2, 0.25) is 5.91 Å². The fourth-order valence-electron chi connectivity index (χ4n) is 2.88. The number of benzene rings is 3. The van der Waals surface area contributed by atoms with E-state index in [-0.39, 0.29) is 24.5 Å². The molecule has 0 fully saturated rings. The van der Waals surface area contributed by atoms with Gasteiger partial charge in [0.15, 0.2) is 11.6 Å². The summed E-state index contributed by atoms with van der Waals surface area (Å²) >= 11 is 0. The number of hydrazone groups is 1. The van der Waals surface area contributed by atoms with Crippen LogP contribution < -0.4 is 14.9 Å². The van der Waals surface area contributed by atoms with E-state index in [0.29, 0.717) is 22.4 Å². The van der Waals surface area contributed by atoms with Gasteiger partial charge < -0.3 is 9.47 Å². The molecule has 0 atom stereocenters. The fourth-order valence-corrected chi connectivity index (χ4v) is 2.88. The standard InChI is InChI=1S/C23H19F2N3O5/c1-32-21-8-4-16(10-17(21)14-33-22-9-5-18(24)12-20(22)25)13-26-27-23(29)11-15-2-6-19(7-3-15)28(30)31/h2-10,12-13H,11,14H2,1H3,(H,27,29)/b26-13-. The van der Waals surface area contributed by atoms with Gasteiger partial charge in [0.25, 0.3) is 5.69 Å². The van der Waals surface area contributed by atoms with Crippen LogP contribution in [0.25, 0.3) is 0 Å². The molecule has 0 saturated heterocycles. The van der Waals surface area contributed by atoms with Gasteiger partial charge in [0, 0.05) is 23.8 Å². The Morgan fingerprint density at radius 2 is 1.82 bits per heavy atom. The van der Waals surface area contributed by atoms with Crippen molar-refractivity contribution in [1.82, 2.24) is 5.43 Å². The average molecular weight is 455 g/mol. The summed E-state index contributed by atoms with van der Waals surface area (Å²) in [4.78, 5) is 22.2. The fraction of sp³-hybridized carbons (Fsp3) is 0.130. The zero-order valence-corrected chi connectivity index (χ0v) is 17.5. The molecular weight excluding hydrogens is 436 g/mol. The van der Waals surface area contributed by atoms with Gasteiger partial charge in [0.05, 0.1) is 24.7 Å². The van der Waals surface area contributed by atoms with Crippen molar-refractivity contribution in [2.45, 2.75) is 13.0 Å². The van der Waals surface area contributed by atoms with Crippen LogP contribution in [0.2, 0.25) is 0 Å². The highest BCUT2D eigenvalue weighted by Crippen LogP contribution is 2.24. The van der Waals surface area contributed by atoms with E-state index < -0.39 is 22.5 Å². The summed E-state index contributed by atoms with van der Waals surface area (Å²) in [5, 5.41) is 14.6. The zero-order chi connectivity index (χ0) is 23.8. The maximum Gasteiger partial charge on any atom is 0.269 e. The van der Waals surface area contributed by atoms with E-state index in [0.717, 1.165) is 12.1 Å². The lowest BCUT2D eigenvalue weighted by molar-refractivity contribution is -0.384. The Kier molecular flexibility index (Phi) is 7.64. The monoisotopic (exact) mass is 455 g/mol. The van der Waals surface area contributed by atoms with E-state index >= 15 is 0 Å². The molecule has 0 aliphatic rings. The molecule has 0 aliphatic heterocycles.